The molecule has 144 valence electrons. The highest BCUT2D eigenvalue weighted by Crippen LogP contribution is 2.39. The number of hydrogen-bond acceptors (Lipinski definition) is 2. The molecule has 1 aliphatic rings. The van der Waals surface area contributed by atoms with Crippen LogP contribution in [0.5, 0.6) is 5.75 Å². The van der Waals surface area contributed by atoms with E-state index in [1.54, 1.807) is 0 Å². The van der Waals surface area contributed by atoms with Crippen molar-refractivity contribution in [1.29, 1.82) is 0 Å². The first-order valence-corrected chi connectivity index (χ1v) is 10.2. The SMILES string of the molecule is Cc1cccc(C)c1-c1cccc(C=NC2CCC(C(C)(C)C)CC2)c1O. The highest BCUT2D eigenvalue weighted by Gasteiger charge is 2.29. The summed E-state index contributed by atoms with van der Waals surface area (Å²) in [4.78, 5) is 4.83. The molecule has 1 fully saturated rings. The van der Waals surface area contributed by atoms with Crippen LogP contribution >= 0.6 is 0 Å². The molecule has 0 amide bonds. The molecule has 0 radical (unpaired) electrons. The minimum Gasteiger partial charge on any atom is -0.507 e. The highest BCUT2D eigenvalue weighted by molar-refractivity contribution is 5.89. The fourth-order valence-corrected chi connectivity index (χ4v) is 4.38. The van der Waals surface area contributed by atoms with Crippen LogP contribution in [0.4, 0.5) is 0 Å². The van der Waals surface area contributed by atoms with Crippen LogP contribution in [-0.4, -0.2) is 17.4 Å². The maximum Gasteiger partial charge on any atom is 0.132 e. The molecule has 0 atom stereocenters. The van der Waals surface area contributed by atoms with E-state index >= 15 is 0 Å². The fraction of sp³-hybridized carbons (Fsp3) is 0.480. The normalized spacial score (nSPS) is 20.9. The lowest BCUT2D eigenvalue weighted by Crippen LogP contribution is -2.27. The lowest BCUT2D eigenvalue weighted by molar-refractivity contribution is 0.170. The topological polar surface area (TPSA) is 32.6 Å². The van der Waals surface area contributed by atoms with E-state index in [0.29, 0.717) is 17.2 Å². The Balaban J connectivity index is 1.78. The molecule has 2 heteroatoms. The molecule has 2 nitrogen and oxygen atoms in total. The van der Waals surface area contributed by atoms with Crippen molar-refractivity contribution in [3.63, 3.8) is 0 Å². The zero-order chi connectivity index (χ0) is 19.6. The number of nitrogens with zero attached hydrogens (tertiary/aromatic N) is 1. The van der Waals surface area contributed by atoms with Gasteiger partial charge in [-0.2, -0.15) is 0 Å². The maximum absolute atomic E-state index is 10.9. The molecule has 0 aliphatic heterocycles. The van der Waals surface area contributed by atoms with E-state index in [1.165, 1.54) is 24.0 Å². The molecule has 0 bridgehead atoms. The second-order valence-corrected chi connectivity index (χ2v) is 9.16. The lowest BCUT2D eigenvalue weighted by Gasteiger charge is -2.35. The molecule has 27 heavy (non-hydrogen) atoms. The molecule has 1 N–H and O–H groups in total. The molecule has 0 aromatic heterocycles. The van der Waals surface area contributed by atoms with Gasteiger partial charge < -0.3 is 5.11 Å². The Morgan fingerprint density at radius 2 is 1.52 bits per heavy atom. The Morgan fingerprint density at radius 3 is 2.11 bits per heavy atom. The Kier molecular flexibility index (Phi) is 5.74. The number of aliphatic imine (C=N–C) groups is 1. The van der Waals surface area contributed by atoms with Crippen LogP contribution in [0, 0.1) is 25.2 Å². The molecule has 3 rings (SSSR count). The number of aromatic hydroxyl groups is 1. The van der Waals surface area contributed by atoms with Gasteiger partial charge in [-0.25, -0.2) is 0 Å². The molecule has 0 heterocycles. The second-order valence-electron chi connectivity index (χ2n) is 9.16. The van der Waals surface area contributed by atoms with Gasteiger partial charge in [0.1, 0.15) is 5.75 Å². The van der Waals surface area contributed by atoms with Crippen LogP contribution < -0.4 is 0 Å². The monoisotopic (exact) mass is 363 g/mol. The van der Waals surface area contributed by atoms with Crippen LogP contribution in [0.15, 0.2) is 41.4 Å². The van der Waals surface area contributed by atoms with Crippen molar-refractivity contribution >= 4 is 6.21 Å². The van der Waals surface area contributed by atoms with E-state index in [1.807, 2.05) is 24.4 Å². The lowest BCUT2D eigenvalue weighted by atomic mass is 9.71. The average molecular weight is 364 g/mol. The number of phenolic OH excluding ortho intramolecular Hbond substituents is 1. The van der Waals surface area contributed by atoms with Gasteiger partial charge in [-0.1, -0.05) is 51.1 Å². The number of rotatable bonds is 3. The zero-order valence-corrected chi connectivity index (χ0v) is 17.4. The summed E-state index contributed by atoms with van der Waals surface area (Å²) in [5, 5.41) is 10.9. The number of phenols is 1. The Morgan fingerprint density at radius 1 is 0.926 bits per heavy atom. The standard InChI is InChI=1S/C25H33NO/c1-17-8-6-9-18(2)23(17)22-11-7-10-19(24(22)27)16-26-21-14-12-20(13-15-21)25(3,4)5/h6-11,16,20-21,27H,12-15H2,1-5H3. The zero-order valence-electron chi connectivity index (χ0n) is 17.4. The number of hydrogen-bond donors (Lipinski definition) is 1. The minimum absolute atomic E-state index is 0.335. The minimum atomic E-state index is 0.335. The van der Waals surface area contributed by atoms with Crippen LogP contribution in [-0.2, 0) is 0 Å². The van der Waals surface area contributed by atoms with Crippen molar-refractivity contribution in [2.24, 2.45) is 16.3 Å². The Hall–Kier alpha value is -2.09. The van der Waals surface area contributed by atoms with Gasteiger partial charge in [-0.15, -0.1) is 0 Å². The van der Waals surface area contributed by atoms with Gasteiger partial charge in [0.15, 0.2) is 0 Å². The molecule has 0 unspecified atom stereocenters. The van der Waals surface area contributed by atoms with Crippen molar-refractivity contribution in [3.05, 3.63) is 53.1 Å². The van der Waals surface area contributed by atoms with Crippen LogP contribution in [0.3, 0.4) is 0 Å². The number of benzene rings is 2. The van der Waals surface area contributed by atoms with Gasteiger partial charge in [-0.05, 0) is 73.6 Å². The van der Waals surface area contributed by atoms with Crippen molar-refractivity contribution in [1.82, 2.24) is 0 Å². The summed E-state index contributed by atoms with van der Waals surface area (Å²) in [6.07, 6.45) is 6.68. The Labute approximate surface area is 164 Å². The van der Waals surface area contributed by atoms with Gasteiger partial charge in [0.25, 0.3) is 0 Å². The third-order valence-electron chi connectivity index (χ3n) is 6.16. The first kappa shape index (κ1) is 19.7. The van der Waals surface area contributed by atoms with Crippen LogP contribution in [0.1, 0.15) is 63.1 Å². The van der Waals surface area contributed by atoms with E-state index in [4.69, 9.17) is 4.99 Å². The summed E-state index contributed by atoms with van der Waals surface area (Å²) < 4.78 is 0. The van der Waals surface area contributed by atoms with Crippen molar-refractivity contribution in [2.75, 3.05) is 0 Å². The van der Waals surface area contributed by atoms with Gasteiger partial charge in [0.2, 0.25) is 0 Å². The van der Waals surface area contributed by atoms with Gasteiger partial charge >= 0.3 is 0 Å². The predicted molar refractivity (Wildman–Crippen MR) is 116 cm³/mol. The summed E-state index contributed by atoms with van der Waals surface area (Å²) in [5.74, 6) is 1.13. The number of aryl methyl sites for hydroxylation is 2. The molecular weight excluding hydrogens is 330 g/mol. The molecule has 0 saturated heterocycles. The molecule has 1 saturated carbocycles. The van der Waals surface area contributed by atoms with E-state index in [0.717, 1.165) is 35.4 Å². The van der Waals surface area contributed by atoms with Crippen LogP contribution in [0.25, 0.3) is 11.1 Å². The number of para-hydroxylation sites is 1. The van der Waals surface area contributed by atoms with Gasteiger partial charge in [0, 0.05) is 23.4 Å². The molecule has 2 aromatic rings. The predicted octanol–water partition coefficient (Wildman–Crippen LogP) is 6.70. The quantitative estimate of drug-likeness (QED) is 0.605. The summed E-state index contributed by atoms with van der Waals surface area (Å²) in [5.41, 5.74) is 5.59. The van der Waals surface area contributed by atoms with Crippen molar-refractivity contribution < 1.29 is 5.11 Å². The summed E-state index contributed by atoms with van der Waals surface area (Å²) in [6.45, 7) is 11.2. The van der Waals surface area contributed by atoms with E-state index in [-0.39, 0.29) is 0 Å². The fourth-order valence-electron chi connectivity index (χ4n) is 4.38. The van der Waals surface area contributed by atoms with E-state index < -0.39 is 0 Å². The van der Waals surface area contributed by atoms with E-state index in [9.17, 15) is 5.11 Å². The van der Waals surface area contributed by atoms with Gasteiger partial charge in [-0.3, -0.25) is 4.99 Å². The average Bonchev–Trinajstić information content (AvgIpc) is 2.61. The molecular formula is C25H33NO. The second kappa shape index (κ2) is 7.88. The third-order valence-corrected chi connectivity index (χ3v) is 6.16. The smallest absolute Gasteiger partial charge is 0.132 e. The first-order chi connectivity index (χ1) is 12.8. The first-order valence-electron chi connectivity index (χ1n) is 10.2. The van der Waals surface area contributed by atoms with Crippen molar-refractivity contribution in [2.45, 2.75) is 66.3 Å². The largest absolute Gasteiger partial charge is 0.507 e. The highest BCUT2D eigenvalue weighted by atomic mass is 16.3. The Bertz CT molecular complexity index is 800. The molecule has 1 aliphatic carbocycles. The third kappa shape index (κ3) is 4.43. The van der Waals surface area contributed by atoms with Crippen molar-refractivity contribution in [3.8, 4) is 16.9 Å². The summed E-state index contributed by atoms with van der Waals surface area (Å²) in [7, 11) is 0. The maximum atomic E-state index is 10.9. The van der Waals surface area contributed by atoms with Crippen LogP contribution in [0.2, 0.25) is 0 Å². The van der Waals surface area contributed by atoms with E-state index in [2.05, 4.69) is 52.8 Å². The molecule has 2 aromatic carbocycles. The molecule has 0 spiro atoms. The summed E-state index contributed by atoms with van der Waals surface area (Å²) >= 11 is 0. The van der Waals surface area contributed by atoms with Gasteiger partial charge in [0.05, 0.1) is 0 Å². The summed E-state index contributed by atoms with van der Waals surface area (Å²) in [6, 6.07) is 12.6.